The number of benzene rings is 1. The van der Waals surface area contributed by atoms with Gasteiger partial charge in [0.1, 0.15) is 5.75 Å². The van der Waals surface area contributed by atoms with Crippen LogP contribution in [0.5, 0.6) is 5.75 Å². The minimum absolute atomic E-state index is 0.0346. The van der Waals surface area contributed by atoms with Gasteiger partial charge in [0.05, 0.1) is 7.11 Å². The molecule has 1 aliphatic heterocycles. The first kappa shape index (κ1) is 19.0. The van der Waals surface area contributed by atoms with Gasteiger partial charge in [0.15, 0.2) is 0 Å². The first-order valence-electron chi connectivity index (χ1n) is 10.6. The SMILES string of the molecule is COc1ccc(CC2(CO)CCN(CC3=CC[C@H]4C[C@@H]3C4(C)C)CC2)cc1. The third-order valence-electron chi connectivity index (χ3n) is 7.98. The normalized spacial score (nSPS) is 29.0. The van der Waals surface area contributed by atoms with Crippen LogP contribution in [-0.4, -0.2) is 43.4 Å². The van der Waals surface area contributed by atoms with Crippen LogP contribution in [0, 0.1) is 22.7 Å². The predicted molar refractivity (Wildman–Crippen MR) is 110 cm³/mol. The molecule has 3 aliphatic carbocycles. The number of aliphatic hydroxyl groups is 1. The quantitative estimate of drug-likeness (QED) is 0.759. The molecule has 4 aliphatic rings. The van der Waals surface area contributed by atoms with Crippen LogP contribution >= 0.6 is 0 Å². The van der Waals surface area contributed by atoms with Crippen LogP contribution in [0.3, 0.4) is 0 Å². The molecule has 1 saturated heterocycles. The van der Waals surface area contributed by atoms with Crippen molar-refractivity contribution < 1.29 is 9.84 Å². The van der Waals surface area contributed by atoms with Crippen molar-refractivity contribution in [1.29, 1.82) is 0 Å². The number of fused-ring (bicyclic) bond motifs is 1. The fourth-order valence-corrected chi connectivity index (χ4v) is 5.67. The number of allylic oxidation sites excluding steroid dienone is 1. The number of hydrogen-bond acceptors (Lipinski definition) is 3. The summed E-state index contributed by atoms with van der Waals surface area (Å²) >= 11 is 0. The van der Waals surface area contributed by atoms with Crippen LogP contribution in [0.4, 0.5) is 0 Å². The summed E-state index contributed by atoms with van der Waals surface area (Å²) in [5, 5.41) is 10.2. The van der Waals surface area contributed by atoms with E-state index in [0.717, 1.165) is 56.5 Å². The van der Waals surface area contributed by atoms with Crippen molar-refractivity contribution in [3.8, 4) is 5.75 Å². The molecule has 0 aromatic heterocycles. The molecule has 148 valence electrons. The summed E-state index contributed by atoms with van der Waals surface area (Å²) < 4.78 is 5.26. The van der Waals surface area contributed by atoms with E-state index in [1.165, 1.54) is 18.4 Å². The molecular weight excluding hydrogens is 334 g/mol. The van der Waals surface area contributed by atoms with Gasteiger partial charge in [-0.1, -0.05) is 37.6 Å². The third-order valence-corrected chi connectivity index (χ3v) is 7.98. The summed E-state index contributed by atoms with van der Waals surface area (Å²) in [4.78, 5) is 2.63. The van der Waals surface area contributed by atoms with E-state index in [1.807, 2.05) is 12.1 Å². The van der Waals surface area contributed by atoms with Gasteiger partial charge in [0.2, 0.25) is 0 Å². The van der Waals surface area contributed by atoms with Crippen molar-refractivity contribution in [2.75, 3.05) is 33.4 Å². The molecule has 0 spiro atoms. The number of methoxy groups -OCH3 is 1. The smallest absolute Gasteiger partial charge is 0.118 e. The van der Waals surface area contributed by atoms with E-state index in [4.69, 9.17) is 4.74 Å². The van der Waals surface area contributed by atoms with E-state index in [0.29, 0.717) is 5.41 Å². The Balaban J connectivity index is 1.34. The number of rotatable bonds is 6. The Kier molecular flexibility index (Phi) is 5.11. The second-order valence-electron chi connectivity index (χ2n) is 9.78. The number of hydrogen-bond donors (Lipinski definition) is 1. The van der Waals surface area contributed by atoms with Crippen LogP contribution in [0.25, 0.3) is 0 Å². The minimum Gasteiger partial charge on any atom is -0.497 e. The molecule has 1 N–H and O–H groups in total. The molecule has 3 nitrogen and oxygen atoms in total. The van der Waals surface area contributed by atoms with Crippen molar-refractivity contribution >= 4 is 0 Å². The lowest BCUT2D eigenvalue weighted by Gasteiger charge is -2.57. The van der Waals surface area contributed by atoms with Gasteiger partial charge in [0.25, 0.3) is 0 Å². The van der Waals surface area contributed by atoms with E-state index in [9.17, 15) is 5.11 Å². The van der Waals surface area contributed by atoms with E-state index < -0.39 is 0 Å². The fourth-order valence-electron chi connectivity index (χ4n) is 5.67. The Morgan fingerprint density at radius 2 is 1.85 bits per heavy atom. The monoisotopic (exact) mass is 369 g/mol. The molecule has 3 heteroatoms. The number of piperidine rings is 1. The summed E-state index contributed by atoms with van der Waals surface area (Å²) in [6.45, 7) is 8.55. The Morgan fingerprint density at radius 1 is 1.15 bits per heavy atom. The number of likely N-dealkylation sites (tertiary alicyclic amines) is 1. The molecule has 2 bridgehead atoms. The molecular formula is C24H35NO2. The van der Waals surface area contributed by atoms with Crippen molar-refractivity contribution in [1.82, 2.24) is 4.90 Å². The van der Waals surface area contributed by atoms with Crippen LogP contribution in [-0.2, 0) is 6.42 Å². The average Bonchev–Trinajstić information content (AvgIpc) is 2.70. The molecule has 1 aromatic rings. The molecule has 0 unspecified atom stereocenters. The van der Waals surface area contributed by atoms with E-state index in [-0.39, 0.29) is 12.0 Å². The first-order valence-corrected chi connectivity index (χ1v) is 10.6. The summed E-state index contributed by atoms with van der Waals surface area (Å²) in [6, 6.07) is 8.34. The zero-order chi connectivity index (χ0) is 19.1. The third kappa shape index (κ3) is 3.56. The first-order chi connectivity index (χ1) is 13.0. The van der Waals surface area contributed by atoms with Gasteiger partial charge in [0, 0.05) is 13.2 Å². The van der Waals surface area contributed by atoms with Crippen LogP contribution in [0.2, 0.25) is 0 Å². The zero-order valence-corrected chi connectivity index (χ0v) is 17.2. The van der Waals surface area contributed by atoms with Gasteiger partial charge < -0.3 is 9.84 Å². The second kappa shape index (κ2) is 7.25. The number of ether oxygens (including phenoxy) is 1. The van der Waals surface area contributed by atoms with E-state index in [1.54, 1.807) is 12.7 Å². The van der Waals surface area contributed by atoms with Gasteiger partial charge in [-0.2, -0.15) is 0 Å². The topological polar surface area (TPSA) is 32.7 Å². The molecule has 2 atom stereocenters. The lowest BCUT2D eigenvalue weighted by molar-refractivity contribution is -0.0144. The highest BCUT2D eigenvalue weighted by atomic mass is 16.5. The van der Waals surface area contributed by atoms with E-state index in [2.05, 4.69) is 37.0 Å². The fraction of sp³-hybridized carbons (Fsp3) is 0.667. The Hall–Kier alpha value is -1.32. The molecule has 1 saturated carbocycles. The Labute approximate surface area is 164 Å². The maximum absolute atomic E-state index is 10.2. The summed E-state index contributed by atoms with van der Waals surface area (Å²) in [6.07, 6.45) is 8.35. The average molecular weight is 370 g/mol. The van der Waals surface area contributed by atoms with Crippen molar-refractivity contribution in [3.05, 3.63) is 41.5 Å². The van der Waals surface area contributed by atoms with Crippen LogP contribution in [0.15, 0.2) is 35.9 Å². The highest BCUT2D eigenvalue weighted by Crippen LogP contribution is 2.59. The van der Waals surface area contributed by atoms with Gasteiger partial charge in [-0.15, -0.1) is 0 Å². The van der Waals surface area contributed by atoms with Crippen LogP contribution < -0.4 is 4.74 Å². The van der Waals surface area contributed by atoms with Gasteiger partial charge in [-0.25, -0.2) is 0 Å². The molecule has 0 amide bonds. The standard InChI is InChI=1S/C24H35NO2/c1-23(2)20-7-6-19(22(23)14-20)16-25-12-10-24(17-26,11-13-25)15-18-4-8-21(27-3)9-5-18/h4-6,8-9,20,22,26H,7,10-17H2,1-3H3/t20-,22-/m0/s1. The van der Waals surface area contributed by atoms with Gasteiger partial charge >= 0.3 is 0 Å². The lowest BCUT2D eigenvalue weighted by atomic mass is 9.49. The second-order valence-corrected chi connectivity index (χ2v) is 9.78. The van der Waals surface area contributed by atoms with Crippen molar-refractivity contribution in [2.45, 2.75) is 46.0 Å². The van der Waals surface area contributed by atoms with Crippen molar-refractivity contribution in [3.63, 3.8) is 0 Å². The van der Waals surface area contributed by atoms with E-state index >= 15 is 0 Å². The van der Waals surface area contributed by atoms with Crippen molar-refractivity contribution in [2.24, 2.45) is 22.7 Å². The molecule has 0 radical (unpaired) electrons. The maximum Gasteiger partial charge on any atom is 0.118 e. The zero-order valence-electron chi connectivity index (χ0n) is 17.2. The maximum atomic E-state index is 10.2. The Morgan fingerprint density at radius 3 is 2.41 bits per heavy atom. The summed E-state index contributed by atoms with van der Waals surface area (Å²) in [7, 11) is 1.70. The summed E-state index contributed by atoms with van der Waals surface area (Å²) in [5.74, 6) is 2.62. The number of nitrogens with zero attached hydrogens (tertiary/aromatic N) is 1. The molecule has 27 heavy (non-hydrogen) atoms. The largest absolute Gasteiger partial charge is 0.497 e. The lowest BCUT2D eigenvalue weighted by Crippen LogP contribution is -2.51. The molecule has 5 rings (SSSR count). The number of aliphatic hydroxyl groups excluding tert-OH is 1. The van der Waals surface area contributed by atoms with Crippen LogP contribution in [0.1, 0.15) is 45.1 Å². The highest BCUT2D eigenvalue weighted by molar-refractivity contribution is 5.28. The van der Waals surface area contributed by atoms with Gasteiger partial charge in [-0.3, -0.25) is 4.90 Å². The molecule has 1 heterocycles. The Bertz CT molecular complexity index is 683. The van der Waals surface area contributed by atoms with Gasteiger partial charge in [-0.05, 0) is 85.6 Å². The summed E-state index contributed by atoms with van der Waals surface area (Å²) in [5.41, 5.74) is 3.54. The molecule has 1 aromatic carbocycles. The highest BCUT2D eigenvalue weighted by Gasteiger charge is 2.51. The predicted octanol–water partition coefficient (Wildman–Crippen LogP) is 4.30. The minimum atomic E-state index is 0.0346. The molecule has 2 fully saturated rings.